The zero-order valence-corrected chi connectivity index (χ0v) is 28.1. The van der Waals surface area contributed by atoms with Crippen molar-refractivity contribution >= 4 is 108 Å². The Morgan fingerprint density at radius 1 is 0.280 bits per heavy atom. The van der Waals surface area contributed by atoms with Gasteiger partial charge in [0.05, 0.1) is 0 Å². The van der Waals surface area contributed by atoms with Crippen molar-refractivity contribution < 1.29 is 0 Å². The van der Waals surface area contributed by atoms with Crippen LogP contribution >= 0.6 is 0 Å². The van der Waals surface area contributed by atoms with Gasteiger partial charge in [0.15, 0.2) is 0 Å². The molecule has 0 bridgehead atoms. The van der Waals surface area contributed by atoms with Crippen LogP contribution in [-0.2, 0) is 5.41 Å². The van der Waals surface area contributed by atoms with Crippen LogP contribution in [0.1, 0.15) is 26.3 Å². The molecule has 0 saturated carbocycles. The van der Waals surface area contributed by atoms with Gasteiger partial charge in [0.25, 0.3) is 0 Å². The molecule has 0 spiro atoms. The lowest BCUT2D eigenvalue weighted by atomic mass is 9.86. The number of fused-ring (bicyclic) bond motifs is 13. The summed E-state index contributed by atoms with van der Waals surface area (Å²) in [6.07, 6.45) is 0. The van der Waals surface area contributed by atoms with Crippen molar-refractivity contribution in [3.8, 4) is 22.3 Å². The predicted octanol–water partition coefficient (Wildman–Crippen LogP) is 14.5. The molecule has 50 heavy (non-hydrogen) atoms. The zero-order chi connectivity index (χ0) is 32.8. The minimum atomic E-state index is 0.110. The molecule has 230 valence electrons. The van der Waals surface area contributed by atoms with E-state index in [1.54, 1.807) is 0 Å². The average Bonchev–Trinajstić information content (AvgIpc) is 3.76. The summed E-state index contributed by atoms with van der Waals surface area (Å²) in [6.45, 7) is 6.93. The summed E-state index contributed by atoms with van der Waals surface area (Å²) in [6, 6.07) is 49.6. The second kappa shape index (κ2) is 8.24. The third kappa shape index (κ3) is 2.83. The van der Waals surface area contributed by atoms with Crippen LogP contribution in [0.2, 0.25) is 0 Å². The SMILES string of the molecule is CC(C)(C)c1ccc2c(c1)c1cccc3c4cc5c(cc4cc2c31)c1ccc2c3ccc4c6c(ccc(c7ccc5c1c27)c63)-c1ccccc1-4. The predicted molar refractivity (Wildman–Crippen MR) is 218 cm³/mol. The lowest BCUT2D eigenvalue weighted by Gasteiger charge is -2.19. The summed E-state index contributed by atoms with van der Waals surface area (Å²) in [5.41, 5.74) is 6.95. The number of hydrogen-bond acceptors (Lipinski definition) is 0. The van der Waals surface area contributed by atoms with Crippen molar-refractivity contribution in [3.63, 3.8) is 0 Å². The Morgan fingerprint density at radius 2 is 0.740 bits per heavy atom. The van der Waals surface area contributed by atoms with Crippen molar-refractivity contribution in [3.05, 3.63) is 133 Å². The summed E-state index contributed by atoms with van der Waals surface area (Å²) in [5, 5.41) is 27.4. The second-order valence-corrected chi connectivity index (χ2v) is 16.0. The first kappa shape index (κ1) is 26.0. The van der Waals surface area contributed by atoms with E-state index < -0.39 is 0 Å². The fraction of sp³-hybridized carbons (Fsp3) is 0.0800. The average molecular weight is 631 g/mol. The van der Waals surface area contributed by atoms with E-state index >= 15 is 0 Å². The van der Waals surface area contributed by atoms with Gasteiger partial charge in [-0.15, -0.1) is 0 Å². The molecule has 0 nitrogen and oxygen atoms in total. The number of rotatable bonds is 0. The van der Waals surface area contributed by atoms with Crippen molar-refractivity contribution in [1.29, 1.82) is 0 Å². The van der Waals surface area contributed by atoms with Crippen molar-refractivity contribution in [2.45, 2.75) is 26.2 Å². The number of hydrogen-bond donors (Lipinski definition) is 0. The van der Waals surface area contributed by atoms with Gasteiger partial charge in [0.2, 0.25) is 0 Å². The lowest BCUT2D eigenvalue weighted by molar-refractivity contribution is 0.591. The van der Waals surface area contributed by atoms with Crippen LogP contribution in [0.4, 0.5) is 0 Å². The summed E-state index contributed by atoms with van der Waals surface area (Å²) in [7, 11) is 0. The van der Waals surface area contributed by atoms with Crippen LogP contribution in [0.5, 0.6) is 0 Å². The first-order chi connectivity index (χ1) is 24.4. The Morgan fingerprint density at radius 3 is 1.36 bits per heavy atom. The minimum absolute atomic E-state index is 0.110. The first-order valence-electron chi connectivity index (χ1n) is 17.9. The standard InChI is InChI=1S/C50H30/c1-50(2,3)26-11-12-29-42(23-26)31-10-6-9-30-40-24-43-39-20-18-37-35-16-14-33-28-8-5-4-7-27(28)32-13-15-34(47(35)46(32)33)36-17-19-38(49(39)48(36)37)41(43)21-25(40)22-44(29)45(30)31/h4-24H,1-3H3. The normalized spacial score (nSPS) is 13.5. The molecule has 1 aliphatic rings. The quantitative estimate of drug-likeness (QED) is 0.116. The maximum atomic E-state index is 2.50. The topological polar surface area (TPSA) is 0 Å². The molecule has 12 aromatic carbocycles. The van der Waals surface area contributed by atoms with Gasteiger partial charge < -0.3 is 0 Å². The van der Waals surface area contributed by atoms with Crippen molar-refractivity contribution in [2.75, 3.05) is 0 Å². The Kier molecular flexibility index (Phi) is 4.28. The van der Waals surface area contributed by atoms with E-state index in [0.29, 0.717) is 0 Å². The van der Waals surface area contributed by atoms with Gasteiger partial charge in [-0.1, -0.05) is 124 Å². The van der Waals surface area contributed by atoms with Gasteiger partial charge in [-0.05, 0) is 165 Å². The van der Waals surface area contributed by atoms with E-state index in [1.165, 1.54) is 136 Å². The largest absolute Gasteiger partial charge is 0.0616 e. The fourth-order valence-corrected chi connectivity index (χ4v) is 10.4. The van der Waals surface area contributed by atoms with Crippen LogP contribution in [0.25, 0.3) is 130 Å². The zero-order valence-electron chi connectivity index (χ0n) is 28.1. The Labute approximate surface area is 288 Å². The molecule has 0 radical (unpaired) electrons. The molecule has 0 unspecified atom stereocenters. The third-order valence-electron chi connectivity index (χ3n) is 12.6. The van der Waals surface area contributed by atoms with Crippen molar-refractivity contribution in [2.24, 2.45) is 0 Å². The number of benzene rings is 10. The molecule has 0 N–H and O–H groups in total. The molecule has 0 heterocycles. The Bertz CT molecular complexity index is 3420. The molecule has 1 aliphatic carbocycles. The molecule has 13 rings (SSSR count). The highest BCUT2D eigenvalue weighted by Gasteiger charge is 2.26. The highest BCUT2D eigenvalue weighted by atomic mass is 14.3. The molecule has 12 aromatic rings. The molecule has 0 aliphatic heterocycles. The van der Waals surface area contributed by atoms with E-state index in [0.717, 1.165) is 0 Å². The molecule has 0 saturated heterocycles. The maximum absolute atomic E-state index is 2.50. The molecular formula is C50H30. The third-order valence-corrected chi connectivity index (χ3v) is 12.6. The Balaban J connectivity index is 1.15. The van der Waals surface area contributed by atoms with Gasteiger partial charge >= 0.3 is 0 Å². The minimum Gasteiger partial charge on any atom is -0.0616 e. The van der Waals surface area contributed by atoms with Gasteiger partial charge in [-0.2, -0.15) is 0 Å². The molecule has 0 fully saturated rings. The highest BCUT2D eigenvalue weighted by molar-refractivity contribution is 6.44. The molecule has 0 aromatic heterocycles. The van der Waals surface area contributed by atoms with Crippen LogP contribution in [0, 0.1) is 0 Å². The molecule has 0 heteroatoms. The summed E-state index contributed by atoms with van der Waals surface area (Å²) in [4.78, 5) is 0. The molecule has 0 amide bonds. The summed E-state index contributed by atoms with van der Waals surface area (Å²) in [5.74, 6) is 0. The van der Waals surface area contributed by atoms with E-state index in [9.17, 15) is 0 Å². The van der Waals surface area contributed by atoms with Crippen LogP contribution in [-0.4, -0.2) is 0 Å². The van der Waals surface area contributed by atoms with Gasteiger partial charge in [0, 0.05) is 0 Å². The molecular weight excluding hydrogens is 601 g/mol. The Hall–Kier alpha value is -5.98. The monoisotopic (exact) mass is 630 g/mol. The second-order valence-electron chi connectivity index (χ2n) is 16.0. The van der Waals surface area contributed by atoms with Crippen molar-refractivity contribution in [1.82, 2.24) is 0 Å². The molecule has 0 atom stereocenters. The lowest BCUT2D eigenvalue weighted by Crippen LogP contribution is -2.10. The summed E-state index contributed by atoms with van der Waals surface area (Å²) < 4.78 is 0. The van der Waals surface area contributed by atoms with E-state index in [2.05, 4.69) is 148 Å². The first-order valence-corrected chi connectivity index (χ1v) is 17.9. The van der Waals surface area contributed by atoms with Gasteiger partial charge in [-0.25, -0.2) is 0 Å². The maximum Gasteiger partial charge on any atom is -0.00139 e. The smallest absolute Gasteiger partial charge is 0.00139 e. The van der Waals surface area contributed by atoms with E-state index in [-0.39, 0.29) is 5.41 Å². The van der Waals surface area contributed by atoms with E-state index in [1.807, 2.05) is 0 Å². The van der Waals surface area contributed by atoms with Gasteiger partial charge in [-0.3, -0.25) is 0 Å². The van der Waals surface area contributed by atoms with Gasteiger partial charge in [0.1, 0.15) is 0 Å². The van der Waals surface area contributed by atoms with E-state index in [4.69, 9.17) is 0 Å². The van der Waals surface area contributed by atoms with Crippen LogP contribution < -0.4 is 0 Å². The fourth-order valence-electron chi connectivity index (χ4n) is 10.4. The van der Waals surface area contributed by atoms with Crippen LogP contribution in [0.15, 0.2) is 127 Å². The highest BCUT2D eigenvalue weighted by Crippen LogP contribution is 2.54. The summed E-state index contributed by atoms with van der Waals surface area (Å²) >= 11 is 0. The van der Waals surface area contributed by atoms with Crippen LogP contribution in [0.3, 0.4) is 0 Å².